The molecule has 0 aliphatic rings. The number of methoxy groups -OCH3 is 1. The average Bonchev–Trinajstić information content (AvgIpc) is 2.83. The van der Waals surface area contributed by atoms with Crippen molar-refractivity contribution in [1.29, 1.82) is 5.26 Å². The third kappa shape index (κ3) is 5.74. The molecule has 7 nitrogen and oxygen atoms in total. The molecule has 1 N–H and O–H groups in total. The Morgan fingerprint density at radius 2 is 1.89 bits per heavy atom. The molecule has 0 spiro atoms. The fourth-order valence-corrected chi connectivity index (χ4v) is 4.53. The molecule has 1 amide bonds. The molecule has 0 saturated carbocycles. The van der Waals surface area contributed by atoms with E-state index < -0.39 is 34.4 Å². The Morgan fingerprint density at radius 1 is 1.20 bits per heavy atom. The van der Waals surface area contributed by atoms with Crippen LogP contribution in [0, 0.1) is 18.3 Å². The fraction of sp³-hybridized carbons (Fsp3) is 0.208. The number of halogens is 3. The quantitative estimate of drug-likeness (QED) is 0.392. The number of carbonyl (C=O) groups excluding carboxylic acids is 1. The fourth-order valence-electron chi connectivity index (χ4n) is 3.30. The lowest BCUT2D eigenvalue weighted by Crippen LogP contribution is -2.35. The van der Waals surface area contributed by atoms with E-state index >= 15 is 0 Å². The molecule has 1 heterocycles. The summed E-state index contributed by atoms with van der Waals surface area (Å²) in [5.41, 5.74) is -1.92. The van der Waals surface area contributed by atoms with Crippen LogP contribution in [-0.4, -0.2) is 35.3 Å². The van der Waals surface area contributed by atoms with Crippen molar-refractivity contribution in [2.24, 2.45) is 0 Å². The van der Waals surface area contributed by atoms with Gasteiger partial charge in [-0.15, -0.1) is 0 Å². The number of pyridine rings is 1. The van der Waals surface area contributed by atoms with Gasteiger partial charge in [-0.25, -0.2) is 0 Å². The molecule has 3 aromatic rings. The van der Waals surface area contributed by atoms with Crippen LogP contribution < -0.4 is 10.9 Å². The minimum Gasteiger partial charge on any atom is -0.606 e. The second kappa shape index (κ2) is 10.8. The normalized spacial score (nSPS) is 12.1. The molecule has 0 radical (unpaired) electrons. The van der Waals surface area contributed by atoms with Gasteiger partial charge in [0.25, 0.3) is 11.5 Å². The van der Waals surface area contributed by atoms with Gasteiger partial charge in [0.1, 0.15) is 5.56 Å². The number of nitriles is 1. The summed E-state index contributed by atoms with van der Waals surface area (Å²) in [4.78, 5) is 26.4. The van der Waals surface area contributed by atoms with E-state index in [1.165, 1.54) is 50.4 Å². The van der Waals surface area contributed by atoms with Crippen molar-refractivity contribution < 1.29 is 27.3 Å². The van der Waals surface area contributed by atoms with Gasteiger partial charge >= 0.3 is 6.18 Å². The Kier molecular flexibility index (Phi) is 8.01. The van der Waals surface area contributed by atoms with E-state index in [-0.39, 0.29) is 39.9 Å². The Balaban J connectivity index is 2.22. The molecule has 0 fully saturated rings. The summed E-state index contributed by atoms with van der Waals surface area (Å²) in [6.07, 6.45) is -4.66. The number of amides is 1. The summed E-state index contributed by atoms with van der Waals surface area (Å²) in [6, 6.07) is 13.1. The molecule has 0 saturated heterocycles. The van der Waals surface area contributed by atoms with Gasteiger partial charge in [0, 0.05) is 36.6 Å². The van der Waals surface area contributed by atoms with Gasteiger partial charge in [0.05, 0.1) is 29.5 Å². The molecule has 1 aromatic heterocycles. The highest BCUT2D eigenvalue weighted by Crippen LogP contribution is 2.31. The Morgan fingerprint density at radius 3 is 2.49 bits per heavy atom. The first-order valence-electron chi connectivity index (χ1n) is 10.2. The Bertz CT molecular complexity index is 1330. The van der Waals surface area contributed by atoms with Crippen LogP contribution in [0.1, 0.15) is 27.2 Å². The molecule has 2 aromatic carbocycles. The minimum absolute atomic E-state index is 0.0589. The van der Waals surface area contributed by atoms with Crippen LogP contribution in [0.2, 0.25) is 0 Å². The molecule has 182 valence electrons. The first-order chi connectivity index (χ1) is 16.6. The van der Waals surface area contributed by atoms with Gasteiger partial charge in [-0.1, -0.05) is 6.07 Å². The van der Waals surface area contributed by atoms with Crippen LogP contribution in [-0.2, 0) is 22.1 Å². The summed E-state index contributed by atoms with van der Waals surface area (Å²) in [6.45, 7) is 1.69. The van der Waals surface area contributed by atoms with Crippen molar-refractivity contribution >= 4 is 17.1 Å². The van der Waals surface area contributed by atoms with Crippen molar-refractivity contribution in [3.05, 3.63) is 87.3 Å². The van der Waals surface area contributed by atoms with Crippen molar-refractivity contribution in [2.45, 2.75) is 22.9 Å². The summed E-state index contributed by atoms with van der Waals surface area (Å²) < 4.78 is 59.2. The highest BCUT2D eigenvalue weighted by molar-refractivity contribution is 7.91. The van der Waals surface area contributed by atoms with E-state index in [2.05, 4.69) is 5.32 Å². The minimum atomic E-state index is -4.66. The molecule has 35 heavy (non-hydrogen) atoms. The van der Waals surface area contributed by atoms with Crippen molar-refractivity contribution in [1.82, 2.24) is 9.88 Å². The maximum atomic E-state index is 13.4. The number of rotatable bonds is 7. The van der Waals surface area contributed by atoms with E-state index in [1.54, 1.807) is 0 Å². The van der Waals surface area contributed by atoms with E-state index in [9.17, 15) is 27.3 Å². The Labute approximate surface area is 201 Å². The van der Waals surface area contributed by atoms with E-state index in [1.807, 2.05) is 6.07 Å². The van der Waals surface area contributed by atoms with Crippen LogP contribution in [0.3, 0.4) is 0 Å². The number of hydrogen-bond acceptors (Lipinski definition) is 5. The lowest BCUT2D eigenvalue weighted by molar-refractivity contribution is -0.137. The lowest BCUT2D eigenvalue weighted by Gasteiger charge is -2.19. The van der Waals surface area contributed by atoms with E-state index in [0.717, 1.165) is 22.8 Å². The number of hydrogen-bond donors (Lipinski definition) is 1. The van der Waals surface area contributed by atoms with Crippen LogP contribution in [0.15, 0.2) is 69.2 Å². The highest BCUT2D eigenvalue weighted by atomic mass is 32.2. The van der Waals surface area contributed by atoms with Crippen LogP contribution in [0.4, 0.5) is 13.2 Å². The standard InChI is InChI=1S/C24H20F3N3O4S/c1-15-21(35(33)19-8-6-16(14-28)7-9-19)13-20(22(31)29-10-11-34-2)23(32)30(15)18-5-3-4-17(12-18)24(25,26)27/h3-9,12-13H,10-11H2,1-2H3,(H,29,31). The van der Waals surface area contributed by atoms with Crippen molar-refractivity contribution in [3.8, 4) is 11.8 Å². The second-order valence-corrected chi connectivity index (χ2v) is 8.80. The average molecular weight is 504 g/mol. The number of carbonyl (C=O) groups is 1. The molecule has 1 unspecified atom stereocenters. The molecule has 0 bridgehead atoms. The zero-order valence-corrected chi connectivity index (χ0v) is 19.5. The number of benzene rings is 2. The zero-order chi connectivity index (χ0) is 25.8. The second-order valence-electron chi connectivity index (χ2n) is 7.35. The number of aromatic nitrogens is 1. The third-order valence-electron chi connectivity index (χ3n) is 5.07. The van der Waals surface area contributed by atoms with Crippen LogP contribution in [0.5, 0.6) is 0 Å². The number of nitrogens with one attached hydrogen (secondary N) is 1. The molecular formula is C24H20F3N3O4S. The number of ether oxygens (including phenoxy) is 1. The largest absolute Gasteiger partial charge is 0.606 e. The summed E-state index contributed by atoms with van der Waals surface area (Å²) >= 11 is -1.91. The molecule has 0 aliphatic heterocycles. The van der Waals surface area contributed by atoms with Crippen molar-refractivity contribution in [3.63, 3.8) is 0 Å². The van der Waals surface area contributed by atoms with E-state index in [4.69, 9.17) is 10.00 Å². The first-order valence-corrected chi connectivity index (χ1v) is 11.4. The summed E-state index contributed by atoms with van der Waals surface area (Å²) in [5.74, 6) is -0.786. The highest BCUT2D eigenvalue weighted by Gasteiger charge is 2.31. The SMILES string of the molecule is COCCNC(=O)c1cc([S+]([O-])c2ccc(C#N)cc2)c(C)n(-c2cccc(C(F)(F)F)c2)c1=O. The summed E-state index contributed by atoms with van der Waals surface area (Å²) in [7, 11) is 1.43. The van der Waals surface area contributed by atoms with Gasteiger partial charge in [-0.05, 0) is 49.4 Å². The van der Waals surface area contributed by atoms with Gasteiger partial charge in [-0.3, -0.25) is 14.2 Å². The molecule has 3 rings (SSSR count). The molecular weight excluding hydrogens is 483 g/mol. The zero-order valence-electron chi connectivity index (χ0n) is 18.7. The maximum Gasteiger partial charge on any atom is 0.416 e. The number of nitrogens with zero attached hydrogens (tertiary/aromatic N) is 2. The van der Waals surface area contributed by atoms with E-state index in [0.29, 0.717) is 5.56 Å². The molecule has 1 atom stereocenters. The smallest absolute Gasteiger partial charge is 0.416 e. The predicted octanol–water partition coefficient (Wildman–Crippen LogP) is 3.58. The number of alkyl halides is 3. The monoisotopic (exact) mass is 503 g/mol. The van der Waals surface area contributed by atoms with Crippen LogP contribution >= 0.6 is 0 Å². The van der Waals surface area contributed by atoms with Gasteiger partial charge in [-0.2, -0.15) is 18.4 Å². The predicted molar refractivity (Wildman–Crippen MR) is 122 cm³/mol. The van der Waals surface area contributed by atoms with Gasteiger partial charge in [0.2, 0.25) is 0 Å². The first kappa shape index (κ1) is 26.0. The topological polar surface area (TPSA) is 107 Å². The molecule has 11 heteroatoms. The van der Waals surface area contributed by atoms with Gasteiger partial charge in [0.15, 0.2) is 9.79 Å². The Hall–Kier alpha value is -3.59. The lowest BCUT2D eigenvalue weighted by atomic mass is 10.1. The van der Waals surface area contributed by atoms with Gasteiger partial charge < -0.3 is 14.6 Å². The maximum absolute atomic E-state index is 13.4. The third-order valence-corrected chi connectivity index (χ3v) is 6.58. The van der Waals surface area contributed by atoms with Crippen LogP contribution in [0.25, 0.3) is 5.69 Å². The molecule has 0 aliphatic carbocycles. The summed E-state index contributed by atoms with van der Waals surface area (Å²) in [5, 5.41) is 11.5. The van der Waals surface area contributed by atoms with Crippen molar-refractivity contribution in [2.75, 3.05) is 20.3 Å².